The first-order valence-corrected chi connectivity index (χ1v) is 7.02. The molecule has 1 unspecified atom stereocenters. The third-order valence-electron chi connectivity index (χ3n) is 3.11. The molecule has 1 N–H and O–H groups in total. The Morgan fingerprint density at radius 1 is 1.16 bits per heavy atom. The SMILES string of the molecule is CCCNC(COCC)c1ccc2ccccc2n1. The molecule has 0 fully saturated rings. The minimum Gasteiger partial charge on any atom is -0.380 e. The van der Waals surface area contributed by atoms with Crippen molar-refractivity contribution in [2.24, 2.45) is 0 Å². The Balaban J connectivity index is 2.21. The maximum absolute atomic E-state index is 5.56. The van der Waals surface area contributed by atoms with Gasteiger partial charge in [-0.05, 0) is 32.0 Å². The number of fused-ring (bicyclic) bond motifs is 1. The van der Waals surface area contributed by atoms with Crippen LogP contribution in [0.1, 0.15) is 32.0 Å². The molecule has 3 heteroatoms. The van der Waals surface area contributed by atoms with Gasteiger partial charge in [0.15, 0.2) is 0 Å². The highest BCUT2D eigenvalue weighted by Gasteiger charge is 2.12. The first-order valence-electron chi connectivity index (χ1n) is 7.02. The summed E-state index contributed by atoms with van der Waals surface area (Å²) in [7, 11) is 0. The van der Waals surface area contributed by atoms with E-state index in [1.807, 2.05) is 19.1 Å². The molecule has 0 aliphatic heterocycles. The van der Waals surface area contributed by atoms with Gasteiger partial charge in [-0.1, -0.05) is 31.2 Å². The van der Waals surface area contributed by atoms with Gasteiger partial charge in [-0.25, -0.2) is 0 Å². The molecule has 0 aliphatic carbocycles. The van der Waals surface area contributed by atoms with Gasteiger partial charge in [0.25, 0.3) is 0 Å². The number of aromatic nitrogens is 1. The highest BCUT2D eigenvalue weighted by Crippen LogP contribution is 2.17. The predicted molar refractivity (Wildman–Crippen MR) is 79.3 cm³/mol. The summed E-state index contributed by atoms with van der Waals surface area (Å²) in [5.41, 5.74) is 2.10. The van der Waals surface area contributed by atoms with E-state index in [2.05, 4.69) is 36.5 Å². The molecule has 102 valence electrons. The number of hydrogen-bond donors (Lipinski definition) is 1. The molecular weight excluding hydrogens is 236 g/mol. The van der Waals surface area contributed by atoms with Crippen LogP contribution in [0.15, 0.2) is 36.4 Å². The number of nitrogens with one attached hydrogen (secondary N) is 1. The van der Waals surface area contributed by atoms with Gasteiger partial charge >= 0.3 is 0 Å². The lowest BCUT2D eigenvalue weighted by Gasteiger charge is -2.18. The number of benzene rings is 1. The molecule has 1 aromatic heterocycles. The van der Waals surface area contributed by atoms with Gasteiger partial charge in [0, 0.05) is 12.0 Å². The molecule has 0 spiro atoms. The zero-order chi connectivity index (χ0) is 13.5. The molecule has 19 heavy (non-hydrogen) atoms. The summed E-state index contributed by atoms with van der Waals surface area (Å²) in [4.78, 5) is 4.74. The lowest BCUT2D eigenvalue weighted by molar-refractivity contribution is 0.122. The minimum atomic E-state index is 0.171. The summed E-state index contributed by atoms with van der Waals surface area (Å²) >= 11 is 0. The van der Waals surface area contributed by atoms with Gasteiger partial charge < -0.3 is 10.1 Å². The smallest absolute Gasteiger partial charge is 0.0732 e. The Morgan fingerprint density at radius 2 is 2.00 bits per heavy atom. The van der Waals surface area contributed by atoms with E-state index in [4.69, 9.17) is 9.72 Å². The van der Waals surface area contributed by atoms with Crippen LogP contribution in [0.2, 0.25) is 0 Å². The van der Waals surface area contributed by atoms with E-state index >= 15 is 0 Å². The number of hydrogen-bond acceptors (Lipinski definition) is 3. The largest absolute Gasteiger partial charge is 0.380 e. The molecule has 1 atom stereocenters. The Bertz CT molecular complexity index is 505. The van der Waals surface area contributed by atoms with Crippen LogP contribution in [-0.4, -0.2) is 24.7 Å². The van der Waals surface area contributed by atoms with Crippen molar-refractivity contribution < 1.29 is 4.74 Å². The van der Waals surface area contributed by atoms with Crippen molar-refractivity contribution in [3.05, 3.63) is 42.1 Å². The van der Waals surface area contributed by atoms with Crippen LogP contribution < -0.4 is 5.32 Å². The van der Waals surface area contributed by atoms with Crippen LogP contribution in [0.25, 0.3) is 10.9 Å². The second kappa shape index (κ2) is 7.22. The van der Waals surface area contributed by atoms with Gasteiger partial charge in [-0.3, -0.25) is 4.98 Å². The molecule has 0 radical (unpaired) electrons. The Hall–Kier alpha value is -1.45. The number of nitrogens with zero attached hydrogens (tertiary/aromatic N) is 1. The van der Waals surface area contributed by atoms with Crippen molar-refractivity contribution in [2.45, 2.75) is 26.3 Å². The van der Waals surface area contributed by atoms with E-state index in [1.54, 1.807) is 0 Å². The topological polar surface area (TPSA) is 34.1 Å². The molecule has 0 saturated heterocycles. The molecule has 2 rings (SSSR count). The number of rotatable bonds is 7. The fraction of sp³-hybridized carbons (Fsp3) is 0.438. The maximum Gasteiger partial charge on any atom is 0.0732 e. The quantitative estimate of drug-likeness (QED) is 0.827. The van der Waals surface area contributed by atoms with Crippen LogP contribution in [0, 0.1) is 0 Å². The highest BCUT2D eigenvalue weighted by atomic mass is 16.5. The zero-order valence-electron chi connectivity index (χ0n) is 11.7. The fourth-order valence-electron chi connectivity index (χ4n) is 2.08. The van der Waals surface area contributed by atoms with Crippen LogP contribution in [-0.2, 0) is 4.74 Å². The summed E-state index contributed by atoms with van der Waals surface area (Å²) in [5, 5.41) is 4.68. The molecule has 0 amide bonds. The molecule has 1 aromatic carbocycles. The average molecular weight is 258 g/mol. The third-order valence-corrected chi connectivity index (χ3v) is 3.11. The molecule has 3 nitrogen and oxygen atoms in total. The van der Waals surface area contributed by atoms with Crippen LogP contribution in [0.3, 0.4) is 0 Å². The van der Waals surface area contributed by atoms with Gasteiger partial charge in [0.1, 0.15) is 0 Å². The monoisotopic (exact) mass is 258 g/mol. The Morgan fingerprint density at radius 3 is 2.79 bits per heavy atom. The van der Waals surface area contributed by atoms with E-state index in [0.717, 1.165) is 30.8 Å². The Labute approximate surface area is 115 Å². The predicted octanol–water partition coefficient (Wildman–Crippen LogP) is 3.31. The fourth-order valence-corrected chi connectivity index (χ4v) is 2.08. The van der Waals surface area contributed by atoms with Crippen molar-refractivity contribution in [3.63, 3.8) is 0 Å². The average Bonchev–Trinajstić information content (AvgIpc) is 2.47. The lowest BCUT2D eigenvalue weighted by Crippen LogP contribution is -2.27. The van der Waals surface area contributed by atoms with Crippen molar-refractivity contribution >= 4 is 10.9 Å². The summed E-state index contributed by atoms with van der Waals surface area (Å²) in [5.74, 6) is 0. The van der Waals surface area contributed by atoms with Crippen molar-refractivity contribution in [1.29, 1.82) is 0 Å². The number of pyridine rings is 1. The van der Waals surface area contributed by atoms with Gasteiger partial charge in [0.05, 0.1) is 23.9 Å². The van der Waals surface area contributed by atoms with E-state index in [0.29, 0.717) is 6.61 Å². The standard InChI is InChI=1S/C16H22N2O/c1-3-11-17-16(12-19-4-2)15-10-9-13-7-5-6-8-14(13)18-15/h5-10,16-17H,3-4,11-12H2,1-2H3. The number of para-hydroxylation sites is 1. The van der Waals surface area contributed by atoms with Crippen molar-refractivity contribution in [3.8, 4) is 0 Å². The molecule has 0 aliphatic rings. The summed E-state index contributed by atoms with van der Waals surface area (Å²) in [6.45, 7) is 6.56. The normalized spacial score (nSPS) is 12.7. The van der Waals surface area contributed by atoms with Gasteiger partial charge in [-0.2, -0.15) is 0 Å². The van der Waals surface area contributed by atoms with E-state index in [9.17, 15) is 0 Å². The van der Waals surface area contributed by atoms with Crippen LogP contribution in [0.5, 0.6) is 0 Å². The van der Waals surface area contributed by atoms with E-state index < -0.39 is 0 Å². The van der Waals surface area contributed by atoms with Gasteiger partial charge in [-0.15, -0.1) is 0 Å². The van der Waals surface area contributed by atoms with Crippen molar-refractivity contribution in [2.75, 3.05) is 19.8 Å². The summed E-state index contributed by atoms with van der Waals surface area (Å²) < 4.78 is 5.56. The summed E-state index contributed by atoms with van der Waals surface area (Å²) in [6.07, 6.45) is 1.11. The molecule has 0 bridgehead atoms. The molecule has 2 aromatic rings. The van der Waals surface area contributed by atoms with Crippen LogP contribution >= 0.6 is 0 Å². The molecule has 1 heterocycles. The number of ether oxygens (including phenoxy) is 1. The Kier molecular flexibility index (Phi) is 5.31. The second-order valence-corrected chi connectivity index (χ2v) is 4.59. The van der Waals surface area contributed by atoms with Gasteiger partial charge in [0.2, 0.25) is 0 Å². The summed E-state index contributed by atoms with van der Waals surface area (Å²) in [6, 6.07) is 12.6. The zero-order valence-corrected chi connectivity index (χ0v) is 11.7. The lowest BCUT2D eigenvalue weighted by atomic mass is 10.1. The first-order chi connectivity index (χ1) is 9.35. The maximum atomic E-state index is 5.56. The second-order valence-electron chi connectivity index (χ2n) is 4.59. The molecular formula is C16H22N2O. The minimum absolute atomic E-state index is 0.171. The van der Waals surface area contributed by atoms with Crippen molar-refractivity contribution in [1.82, 2.24) is 10.3 Å². The first kappa shape index (κ1) is 14.0. The molecule has 0 saturated carbocycles. The third kappa shape index (κ3) is 3.75. The van der Waals surface area contributed by atoms with Crippen LogP contribution in [0.4, 0.5) is 0 Å². The van der Waals surface area contributed by atoms with E-state index in [-0.39, 0.29) is 6.04 Å². The highest BCUT2D eigenvalue weighted by molar-refractivity contribution is 5.78. The van der Waals surface area contributed by atoms with E-state index in [1.165, 1.54) is 5.39 Å².